The van der Waals surface area contributed by atoms with Crippen molar-refractivity contribution >= 4 is 5.78 Å². The molecule has 1 aliphatic rings. The van der Waals surface area contributed by atoms with E-state index >= 15 is 0 Å². The van der Waals surface area contributed by atoms with Gasteiger partial charge in [-0.05, 0) is 56.9 Å². The number of carbonyl (C=O) groups excluding carboxylic acids is 1. The van der Waals surface area contributed by atoms with Crippen LogP contribution in [0.15, 0.2) is 48.2 Å². The number of Topliss-reactive ketones (excluding diaryl/α,β-unsaturated/α-hetero) is 1. The van der Waals surface area contributed by atoms with E-state index in [4.69, 9.17) is 4.74 Å². The van der Waals surface area contributed by atoms with Crippen LogP contribution in [0.5, 0.6) is 11.5 Å². The van der Waals surface area contributed by atoms with Crippen LogP contribution < -0.4 is 10.1 Å². The highest BCUT2D eigenvalue weighted by Gasteiger charge is 2.36. The summed E-state index contributed by atoms with van der Waals surface area (Å²) in [6, 6.07) is 11.2. The molecule has 4 nitrogen and oxygen atoms in total. The third kappa shape index (κ3) is 3.77. The fourth-order valence-electron chi connectivity index (χ4n) is 3.39. The molecule has 2 aromatic carbocycles. The summed E-state index contributed by atoms with van der Waals surface area (Å²) in [5.74, 6) is 0.816. The monoisotopic (exact) mass is 379 g/mol. The van der Waals surface area contributed by atoms with Crippen molar-refractivity contribution in [2.24, 2.45) is 0 Å². The second-order valence-corrected chi connectivity index (χ2v) is 8.71. The van der Waals surface area contributed by atoms with E-state index in [2.05, 4.69) is 5.32 Å². The second kappa shape index (κ2) is 7.34. The topological polar surface area (TPSA) is 58.6 Å². The van der Waals surface area contributed by atoms with E-state index < -0.39 is 6.10 Å². The van der Waals surface area contributed by atoms with E-state index in [9.17, 15) is 9.90 Å². The number of nitrogens with one attached hydrogen (secondary N) is 1. The average molecular weight is 380 g/mol. The molecule has 1 aliphatic heterocycles. The minimum absolute atomic E-state index is 0.0858. The van der Waals surface area contributed by atoms with E-state index in [0.717, 1.165) is 11.1 Å². The quantitative estimate of drug-likeness (QED) is 0.700. The molecule has 0 bridgehead atoms. The first-order chi connectivity index (χ1) is 13.1. The highest BCUT2D eigenvalue weighted by molar-refractivity contribution is 6.12. The van der Waals surface area contributed by atoms with Gasteiger partial charge in [0.25, 0.3) is 0 Å². The molecule has 2 aromatic rings. The van der Waals surface area contributed by atoms with Crippen LogP contribution in [-0.2, 0) is 0 Å². The first kappa shape index (κ1) is 20.0. The molecule has 28 heavy (non-hydrogen) atoms. The Morgan fingerprint density at radius 1 is 1.14 bits per heavy atom. The third-order valence-electron chi connectivity index (χ3n) is 4.93. The summed E-state index contributed by atoms with van der Waals surface area (Å²) in [7, 11) is 0. The first-order valence-corrected chi connectivity index (χ1v) is 9.70. The van der Waals surface area contributed by atoms with Crippen LogP contribution in [-0.4, -0.2) is 16.4 Å². The van der Waals surface area contributed by atoms with E-state index in [1.54, 1.807) is 18.3 Å². The number of carbonyl (C=O) groups is 1. The molecular weight excluding hydrogens is 350 g/mol. The van der Waals surface area contributed by atoms with Crippen molar-refractivity contribution in [3.8, 4) is 11.5 Å². The Balaban J connectivity index is 2.20. The molecule has 3 rings (SSSR count). The summed E-state index contributed by atoms with van der Waals surface area (Å²) in [6.07, 6.45) is 1.07. The van der Waals surface area contributed by atoms with Crippen LogP contribution >= 0.6 is 0 Å². The first-order valence-electron chi connectivity index (χ1n) is 9.70. The van der Waals surface area contributed by atoms with Crippen molar-refractivity contribution < 1.29 is 14.6 Å². The number of phenolic OH excluding ortho intramolecular Hbond substituents is 1. The predicted molar refractivity (Wildman–Crippen MR) is 112 cm³/mol. The molecule has 0 saturated carbocycles. The third-order valence-corrected chi connectivity index (χ3v) is 4.93. The molecule has 0 aromatic heterocycles. The molecule has 148 valence electrons. The second-order valence-electron chi connectivity index (χ2n) is 8.71. The zero-order chi connectivity index (χ0) is 20.6. The van der Waals surface area contributed by atoms with Crippen molar-refractivity contribution in [3.63, 3.8) is 0 Å². The van der Waals surface area contributed by atoms with E-state index in [1.165, 1.54) is 0 Å². The fourth-order valence-corrected chi connectivity index (χ4v) is 3.39. The standard InChI is InChI=1S/C24H29NO3/c1-14(2)16-12-11-15(3)20(22(16)27)23-18(13-25-24(4,5)6)21(26)17-9-7-8-10-19(17)28-23/h7-14,23,25,27H,1-6H3/b18-13+. The van der Waals surface area contributed by atoms with Gasteiger partial charge in [-0.25, -0.2) is 0 Å². The minimum atomic E-state index is -0.670. The van der Waals surface area contributed by atoms with Crippen molar-refractivity contribution in [1.82, 2.24) is 5.32 Å². The smallest absolute Gasteiger partial charge is 0.198 e. The Labute approximate surface area is 167 Å². The number of benzene rings is 2. The molecule has 1 heterocycles. The summed E-state index contributed by atoms with van der Waals surface area (Å²) in [4.78, 5) is 13.3. The Bertz CT molecular complexity index is 935. The van der Waals surface area contributed by atoms with Crippen molar-refractivity contribution in [2.75, 3.05) is 0 Å². The maximum Gasteiger partial charge on any atom is 0.198 e. The van der Waals surface area contributed by atoms with Gasteiger partial charge in [-0.15, -0.1) is 0 Å². The molecule has 0 spiro atoms. The van der Waals surface area contributed by atoms with Crippen LogP contribution in [0.25, 0.3) is 0 Å². The van der Waals surface area contributed by atoms with E-state index in [1.807, 2.05) is 65.8 Å². The molecule has 0 fully saturated rings. The van der Waals surface area contributed by atoms with Crippen molar-refractivity contribution in [3.05, 3.63) is 70.4 Å². The zero-order valence-corrected chi connectivity index (χ0v) is 17.5. The van der Waals surface area contributed by atoms with Crippen LogP contribution in [0.2, 0.25) is 0 Å². The number of hydrogen-bond donors (Lipinski definition) is 2. The minimum Gasteiger partial charge on any atom is -0.507 e. The molecule has 0 aliphatic carbocycles. The number of hydrogen-bond acceptors (Lipinski definition) is 4. The highest BCUT2D eigenvalue weighted by atomic mass is 16.5. The van der Waals surface area contributed by atoms with Gasteiger partial charge in [0, 0.05) is 17.3 Å². The van der Waals surface area contributed by atoms with Crippen LogP contribution in [0.3, 0.4) is 0 Å². The lowest BCUT2D eigenvalue weighted by molar-refractivity contribution is 0.0957. The van der Waals surface area contributed by atoms with E-state index in [0.29, 0.717) is 22.4 Å². The Kier molecular flexibility index (Phi) is 5.24. The molecule has 1 unspecified atom stereocenters. The summed E-state index contributed by atoms with van der Waals surface area (Å²) in [5, 5.41) is 14.3. The number of aryl methyl sites for hydroxylation is 1. The van der Waals surface area contributed by atoms with Gasteiger partial charge in [0.05, 0.1) is 11.1 Å². The number of ether oxygens (including phenoxy) is 1. The van der Waals surface area contributed by atoms with Gasteiger partial charge < -0.3 is 15.2 Å². The maximum absolute atomic E-state index is 13.3. The Morgan fingerprint density at radius 2 is 1.82 bits per heavy atom. The lowest BCUT2D eigenvalue weighted by Gasteiger charge is -2.31. The van der Waals surface area contributed by atoms with Gasteiger partial charge in [0.15, 0.2) is 11.9 Å². The van der Waals surface area contributed by atoms with Crippen LogP contribution in [0.1, 0.15) is 73.7 Å². The van der Waals surface area contributed by atoms with E-state index in [-0.39, 0.29) is 23.0 Å². The molecule has 1 atom stereocenters. The maximum atomic E-state index is 13.3. The molecule has 4 heteroatoms. The Morgan fingerprint density at radius 3 is 2.46 bits per heavy atom. The number of aromatic hydroxyl groups is 1. The van der Waals surface area contributed by atoms with Gasteiger partial charge in [-0.3, -0.25) is 4.79 Å². The largest absolute Gasteiger partial charge is 0.507 e. The lowest BCUT2D eigenvalue weighted by Crippen LogP contribution is -2.34. The predicted octanol–water partition coefficient (Wildman–Crippen LogP) is 5.41. The van der Waals surface area contributed by atoms with Crippen LogP contribution in [0.4, 0.5) is 0 Å². The number of rotatable bonds is 3. The summed E-state index contributed by atoms with van der Waals surface area (Å²) in [5.41, 5.74) is 3.22. The average Bonchev–Trinajstić information content (AvgIpc) is 2.60. The number of ketones is 1. The Hall–Kier alpha value is -2.75. The van der Waals surface area contributed by atoms with Gasteiger partial charge in [-0.1, -0.05) is 38.1 Å². The SMILES string of the molecule is Cc1ccc(C(C)C)c(O)c1C1Oc2ccccc2C(=O)/C1=C\NC(C)(C)C. The summed E-state index contributed by atoms with van der Waals surface area (Å²) < 4.78 is 6.27. The van der Waals surface area contributed by atoms with Crippen LogP contribution in [0, 0.1) is 6.92 Å². The molecule has 0 saturated heterocycles. The van der Waals surface area contributed by atoms with Gasteiger partial charge >= 0.3 is 0 Å². The summed E-state index contributed by atoms with van der Waals surface area (Å²) >= 11 is 0. The highest BCUT2D eigenvalue weighted by Crippen LogP contribution is 2.44. The molecular formula is C24H29NO3. The molecule has 2 N–H and O–H groups in total. The zero-order valence-electron chi connectivity index (χ0n) is 17.5. The normalized spacial score (nSPS) is 18.2. The molecule has 0 radical (unpaired) electrons. The van der Waals surface area contributed by atoms with Crippen molar-refractivity contribution in [2.45, 2.75) is 59.1 Å². The van der Waals surface area contributed by atoms with Gasteiger partial charge in [0.1, 0.15) is 11.5 Å². The molecule has 0 amide bonds. The number of fused-ring (bicyclic) bond motifs is 1. The fraction of sp³-hybridized carbons (Fsp3) is 0.375. The van der Waals surface area contributed by atoms with Gasteiger partial charge in [-0.2, -0.15) is 0 Å². The van der Waals surface area contributed by atoms with Crippen molar-refractivity contribution in [1.29, 1.82) is 0 Å². The lowest BCUT2D eigenvalue weighted by atomic mass is 9.86. The van der Waals surface area contributed by atoms with Gasteiger partial charge in [0.2, 0.25) is 0 Å². The summed E-state index contributed by atoms with van der Waals surface area (Å²) in [6.45, 7) is 12.1. The number of para-hydroxylation sites is 1. The number of phenols is 1.